The maximum atomic E-state index is 13.3. The number of nitrogens with zero attached hydrogens (tertiary/aromatic N) is 3. The van der Waals surface area contributed by atoms with Crippen molar-refractivity contribution in [3.63, 3.8) is 0 Å². The molecule has 4 rings (SSSR count). The number of fused-ring (bicyclic) bond motifs is 1. The molecule has 0 fully saturated rings. The summed E-state index contributed by atoms with van der Waals surface area (Å²) >= 11 is 0. The summed E-state index contributed by atoms with van der Waals surface area (Å²) in [5.74, 6) is 3.06. The second kappa shape index (κ2) is 7.63. The summed E-state index contributed by atoms with van der Waals surface area (Å²) in [6.07, 6.45) is 6.23. The molecule has 4 aromatic rings. The molecular weight excluding hydrogens is 415 g/mol. The molecule has 0 spiro atoms. The van der Waals surface area contributed by atoms with Gasteiger partial charge in [0.2, 0.25) is 0 Å². The average molecular weight is 437 g/mol. The van der Waals surface area contributed by atoms with Crippen LogP contribution in [-0.2, 0) is 9.52 Å². The van der Waals surface area contributed by atoms with Crippen molar-refractivity contribution in [2.75, 3.05) is 11.6 Å². The first kappa shape index (κ1) is 20.7. The van der Waals surface area contributed by atoms with Gasteiger partial charge in [0.1, 0.15) is 5.82 Å². The van der Waals surface area contributed by atoms with Crippen molar-refractivity contribution in [2.45, 2.75) is 18.7 Å². The van der Waals surface area contributed by atoms with Gasteiger partial charge in [-0.2, -0.15) is 5.10 Å². The quantitative estimate of drug-likeness (QED) is 0.488. The Bertz CT molecular complexity index is 1420. The van der Waals surface area contributed by atoms with Crippen LogP contribution in [0.15, 0.2) is 59.9 Å². The largest absolute Gasteiger partial charge is 0.322 e. The Kier molecular flexibility index (Phi) is 5.10. The maximum Gasteiger partial charge on any atom is 0.257 e. The fourth-order valence-electron chi connectivity index (χ4n) is 3.53. The number of carbonyl (C=O) groups excluding carboxylic acids is 1. The highest BCUT2D eigenvalue weighted by Crippen LogP contribution is 2.26. The van der Waals surface area contributed by atoms with Gasteiger partial charge in [0.25, 0.3) is 5.91 Å². The van der Waals surface area contributed by atoms with Gasteiger partial charge in [-0.05, 0) is 70.7 Å². The Morgan fingerprint density at radius 2 is 1.81 bits per heavy atom. The van der Waals surface area contributed by atoms with E-state index in [1.54, 1.807) is 41.5 Å². The highest BCUT2D eigenvalue weighted by molar-refractivity contribution is 7.99. The molecule has 0 radical (unpaired) electrons. The first-order valence-electron chi connectivity index (χ1n) is 9.47. The lowest BCUT2D eigenvalue weighted by Crippen LogP contribution is -2.14. The number of nitrogens with one attached hydrogen (secondary N) is 1. The Labute approximate surface area is 179 Å². The number of rotatable bonds is 4. The van der Waals surface area contributed by atoms with Gasteiger partial charge in [0.15, 0.2) is 0 Å². The minimum Gasteiger partial charge on any atom is -0.322 e. The number of pyridine rings is 1. The van der Waals surface area contributed by atoms with Crippen LogP contribution in [0.3, 0.4) is 0 Å². The Morgan fingerprint density at radius 3 is 2.48 bits per heavy atom. The topological polar surface area (TPSA) is 76.9 Å². The summed E-state index contributed by atoms with van der Waals surface area (Å²) in [6.45, 7) is 3.75. The summed E-state index contributed by atoms with van der Waals surface area (Å²) in [5.41, 5.74) is 3.89. The minimum atomic E-state index is -2.44. The molecule has 0 aliphatic rings. The first-order chi connectivity index (χ1) is 14.6. The molecule has 2 aromatic carbocycles. The average Bonchev–Trinajstić information content (AvgIpc) is 3.13. The number of hydrogen-bond acceptors (Lipinski definition) is 4. The van der Waals surface area contributed by atoms with Crippen LogP contribution in [0.25, 0.3) is 16.6 Å². The number of halogens is 1. The molecule has 1 atom stereocenters. The van der Waals surface area contributed by atoms with Gasteiger partial charge >= 0.3 is 0 Å². The molecule has 0 bridgehead atoms. The van der Waals surface area contributed by atoms with Gasteiger partial charge in [-0.1, -0.05) is 6.07 Å². The zero-order valence-corrected chi connectivity index (χ0v) is 18.2. The van der Waals surface area contributed by atoms with Gasteiger partial charge in [0, 0.05) is 28.4 Å². The van der Waals surface area contributed by atoms with Crippen molar-refractivity contribution in [1.29, 1.82) is 0 Å². The van der Waals surface area contributed by atoms with E-state index in [9.17, 15) is 13.4 Å². The molecule has 0 saturated heterocycles. The lowest BCUT2D eigenvalue weighted by atomic mass is 10.1. The van der Waals surface area contributed by atoms with E-state index in [1.165, 1.54) is 18.3 Å². The van der Waals surface area contributed by atoms with Crippen LogP contribution in [0.2, 0.25) is 0 Å². The molecule has 6 nitrogen and oxygen atoms in total. The van der Waals surface area contributed by atoms with Gasteiger partial charge in [-0.15, -0.1) is 0 Å². The van der Waals surface area contributed by atoms with E-state index in [1.807, 2.05) is 19.9 Å². The summed E-state index contributed by atoms with van der Waals surface area (Å²) in [7, 11) is -2.44. The Morgan fingerprint density at radius 1 is 1.10 bits per heavy atom. The maximum absolute atomic E-state index is 13.3. The summed E-state index contributed by atoms with van der Waals surface area (Å²) in [6, 6.07) is 9.50. The molecule has 1 N–H and O–H groups in total. The van der Waals surface area contributed by atoms with Crippen LogP contribution in [0, 0.1) is 19.7 Å². The minimum absolute atomic E-state index is 0.343. The van der Waals surface area contributed by atoms with Crippen molar-refractivity contribution in [3.05, 3.63) is 77.5 Å². The van der Waals surface area contributed by atoms with Crippen molar-refractivity contribution in [2.24, 2.45) is 0 Å². The molecular formula is C23H21FN4O2S. The van der Waals surface area contributed by atoms with Crippen LogP contribution in [0.5, 0.6) is 0 Å². The van der Waals surface area contributed by atoms with Crippen molar-refractivity contribution in [1.82, 2.24) is 14.8 Å². The van der Waals surface area contributed by atoms with Gasteiger partial charge in [0.05, 0.1) is 29.2 Å². The number of anilines is 1. The lowest BCUT2D eigenvalue weighted by molar-refractivity contribution is 0.102. The van der Waals surface area contributed by atoms with Crippen molar-refractivity contribution >= 4 is 37.9 Å². The third kappa shape index (κ3) is 3.94. The summed E-state index contributed by atoms with van der Waals surface area (Å²) < 4.78 is 27.4. The summed E-state index contributed by atoms with van der Waals surface area (Å²) in [5, 5.41) is 7.85. The number of carbonyl (C=O) groups is 1. The van der Waals surface area contributed by atoms with E-state index < -0.39 is 9.52 Å². The van der Waals surface area contributed by atoms with Gasteiger partial charge in [-0.3, -0.25) is 14.0 Å². The Hall–Kier alpha value is -3.52. The van der Waals surface area contributed by atoms with E-state index in [4.69, 9.17) is 0 Å². The molecule has 8 heteroatoms. The van der Waals surface area contributed by atoms with Crippen LogP contribution in [0.1, 0.15) is 21.5 Å². The molecule has 0 saturated carbocycles. The molecule has 31 heavy (non-hydrogen) atoms. The number of amides is 1. The number of benzene rings is 2. The molecule has 1 unspecified atom stereocenters. The highest BCUT2D eigenvalue weighted by Gasteiger charge is 2.17. The Balaban J connectivity index is 1.74. The fraction of sp³-hybridized carbons (Fsp3) is 0.130. The van der Waals surface area contributed by atoms with Crippen molar-refractivity contribution in [3.8, 4) is 5.69 Å². The normalized spacial score (nSPS) is 13.2. The number of aromatic nitrogens is 3. The van der Waals surface area contributed by atoms with E-state index in [0.29, 0.717) is 32.7 Å². The molecule has 0 aliphatic heterocycles. The zero-order valence-electron chi connectivity index (χ0n) is 17.3. The highest BCUT2D eigenvalue weighted by atomic mass is 32.2. The predicted molar refractivity (Wildman–Crippen MR) is 122 cm³/mol. The van der Waals surface area contributed by atoms with Crippen LogP contribution >= 0.6 is 0 Å². The molecule has 1 amide bonds. The van der Waals surface area contributed by atoms with Crippen LogP contribution in [-0.4, -0.2) is 37.0 Å². The molecule has 158 valence electrons. The van der Waals surface area contributed by atoms with E-state index in [-0.39, 0.29) is 11.7 Å². The van der Waals surface area contributed by atoms with Crippen molar-refractivity contribution < 1.29 is 13.4 Å². The first-order valence-corrected chi connectivity index (χ1v) is 11.6. The van der Waals surface area contributed by atoms with E-state index >= 15 is 0 Å². The summed E-state index contributed by atoms with van der Waals surface area (Å²) in [4.78, 5) is 17.9. The second-order valence-electron chi connectivity index (χ2n) is 7.54. The molecule has 2 heterocycles. The smallest absolute Gasteiger partial charge is 0.257 e. The third-order valence-corrected chi connectivity index (χ3v) is 6.42. The van der Waals surface area contributed by atoms with Gasteiger partial charge in [-0.25, -0.2) is 9.07 Å². The number of aryl methyl sites for hydroxylation is 2. The van der Waals surface area contributed by atoms with Gasteiger partial charge < -0.3 is 5.32 Å². The number of hydrogen-bond donors (Lipinski definition) is 1. The predicted octanol–water partition coefficient (Wildman–Crippen LogP) is 4.13. The SMILES string of the molecule is C=S(C)(=O)c1cc(NC(=O)c2cncc3c2cnn3-c2ccc(F)cc2)c(C)cc1C. The fourth-order valence-corrected chi connectivity index (χ4v) is 4.64. The standard InChI is InChI=1S/C23H21FN4O2S/c1-14-9-15(2)22(31(3,4)30)10-20(14)27-23(29)19-11-25-13-21-18(19)12-26-28(21)17-7-5-16(24)6-8-17/h5-13H,3H2,1-2,4H3,(H,27,29). The van der Waals surface area contributed by atoms with E-state index in [2.05, 4.69) is 21.3 Å². The van der Waals surface area contributed by atoms with E-state index in [0.717, 1.165) is 11.1 Å². The lowest BCUT2D eigenvalue weighted by Gasteiger charge is -2.14. The third-order valence-electron chi connectivity index (χ3n) is 5.05. The monoisotopic (exact) mass is 436 g/mol. The molecule has 2 aromatic heterocycles. The zero-order chi connectivity index (χ0) is 22.3. The van der Waals surface area contributed by atoms with Crippen LogP contribution in [0.4, 0.5) is 10.1 Å². The molecule has 0 aliphatic carbocycles. The van der Waals surface area contributed by atoms with Crippen LogP contribution < -0.4 is 5.32 Å². The second-order valence-corrected chi connectivity index (χ2v) is 9.99.